The zero-order valence-corrected chi connectivity index (χ0v) is 10.1. The van der Waals surface area contributed by atoms with Crippen molar-refractivity contribution < 1.29 is 4.79 Å². The molecule has 1 aromatic carbocycles. The van der Waals surface area contributed by atoms with E-state index in [9.17, 15) is 4.79 Å². The van der Waals surface area contributed by atoms with Crippen LogP contribution in [-0.2, 0) is 6.42 Å². The maximum atomic E-state index is 12.2. The molecule has 0 fully saturated rings. The summed E-state index contributed by atoms with van der Waals surface area (Å²) in [7, 11) is 0. The van der Waals surface area contributed by atoms with Crippen molar-refractivity contribution in [2.75, 3.05) is 5.73 Å². The number of nitrogens with two attached hydrogens (primary N) is 1. The first kappa shape index (κ1) is 11.7. The van der Waals surface area contributed by atoms with Crippen LogP contribution in [0.2, 0.25) is 5.02 Å². The molecule has 1 aromatic heterocycles. The first-order valence-corrected chi connectivity index (χ1v) is 5.63. The number of carbonyl (C=O) groups excluding carboxylic acids is 1. The standard InChI is InChI=1S/C12H12ClN3O/c1-2-11-15-5-6-16(11)12(17)9-4-3-8(14)7-10(9)13/h3-7H,2,14H2,1H3. The molecule has 1 heterocycles. The zero-order valence-electron chi connectivity index (χ0n) is 9.35. The molecule has 0 atom stereocenters. The Morgan fingerprint density at radius 3 is 2.94 bits per heavy atom. The Bertz CT molecular complexity index is 563. The largest absolute Gasteiger partial charge is 0.399 e. The van der Waals surface area contributed by atoms with E-state index in [1.165, 1.54) is 4.57 Å². The van der Waals surface area contributed by atoms with Crippen LogP contribution in [0.3, 0.4) is 0 Å². The number of nitrogens with zero attached hydrogens (tertiary/aromatic N) is 2. The number of nitrogen functional groups attached to an aromatic ring is 1. The van der Waals surface area contributed by atoms with Crippen molar-refractivity contribution in [1.82, 2.24) is 9.55 Å². The van der Waals surface area contributed by atoms with Gasteiger partial charge in [-0.1, -0.05) is 18.5 Å². The number of hydrogen-bond acceptors (Lipinski definition) is 3. The molecule has 0 saturated heterocycles. The highest BCUT2D eigenvalue weighted by atomic mass is 35.5. The molecule has 0 saturated carbocycles. The van der Waals surface area contributed by atoms with Gasteiger partial charge >= 0.3 is 0 Å². The van der Waals surface area contributed by atoms with E-state index in [-0.39, 0.29) is 5.91 Å². The Morgan fingerprint density at radius 1 is 1.53 bits per heavy atom. The van der Waals surface area contributed by atoms with E-state index < -0.39 is 0 Å². The molecule has 88 valence electrons. The fraction of sp³-hybridized carbons (Fsp3) is 0.167. The van der Waals surface area contributed by atoms with Gasteiger partial charge in [0.05, 0.1) is 10.6 Å². The molecule has 5 heteroatoms. The van der Waals surface area contributed by atoms with E-state index in [2.05, 4.69) is 4.98 Å². The number of aromatic nitrogens is 2. The summed E-state index contributed by atoms with van der Waals surface area (Å²) in [5.41, 5.74) is 6.55. The van der Waals surface area contributed by atoms with Gasteiger partial charge < -0.3 is 5.73 Å². The molecule has 0 bridgehead atoms. The average Bonchev–Trinajstić information content (AvgIpc) is 2.76. The van der Waals surface area contributed by atoms with E-state index in [1.54, 1.807) is 30.6 Å². The summed E-state index contributed by atoms with van der Waals surface area (Å²) in [5, 5.41) is 0.353. The predicted molar refractivity (Wildman–Crippen MR) is 67.2 cm³/mol. The molecule has 17 heavy (non-hydrogen) atoms. The van der Waals surface area contributed by atoms with Crippen molar-refractivity contribution in [2.24, 2.45) is 0 Å². The van der Waals surface area contributed by atoms with Gasteiger partial charge in [-0.25, -0.2) is 4.98 Å². The third-order valence-electron chi connectivity index (χ3n) is 2.48. The highest BCUT2D eigenvalue weighted by molar-refractivity contribution is 6.34. The lowest BCUT2D eigenvalue weighted by Gasteiger charge is -2.07. The minimum atomic E-state index is -0.190. The summed E-state index contributed by atoms with van der Waals surface area (Å²) in [6.07, 6.45) is 3.92. The van der Waals surface area contributed by atoms with Gasteiger partial charge in [-0.3, -0.25) is 9.36 Å². The number of imidazole rings is 1. The molecule has 0 amide bonds. The summed E-state index contributed by atoms with van der Waals surface area (Å²) >= 11 is 6.00. The van der Waals surface area contributed by atoms with Gasteiger partial charge in [0, 0.05) is 24.5 Å². The number of halogens is 1. The first-order valence-electron chi connectivity index (χ1n) is 5.25. The Kier molecular flexibility index (Phi) is 3.15. The molecule has 0 unspecified atom stereocenters. The van der Waals surface area contributed by atoms with Crippen LogP contribution >= 0.6 is 11.6 Å². The van der Waals surface area contributed by atoms with Crippen molar-refractivity contribution in [3.63, 3.8) is 0 Å². The topological polar surface area (TPSA) is 60.9 Å². The van der Waals surface area contributed by atoms with Gasteiger partial charge in [0.15, 0.2) is 0 Å². The molecule has 0 aliphatic rings. The minimum Gasteiger partial charge on any atom is -0.399 e. The van der Waals surface area contributed by atoms with Gasteiger partial charge in [-0.15, -0.1) is 0 Å². The van der Waals surface area contributed by atoms with Crippen LogP contribution in [0.4, 0.5) is 5.69 Å². The van der Waals surface area contributed by atoms with Crippen LogP contribution in [-0.4, -0.2) is 15.5 Å². The number of aryl methyl sites for hydroxylation is 1. The maximum Gasteiger partial charge on any atom is 0.264 e. The Morgan fingerprint density at radius 2 is 2.29 bits per heavy atom. The Hall–Kier alpha value is -1.81. The summed E-state index contributed by atoms with van der Waals surface area (Å²) in [4.78, 5) is 16.3. The lowest BCUT2D eigenvalue weighted by molar-refractivity contribution is 0.0957. The Balaban J connectivity index is 2.44. The van der Waals surface area contributed by atoms with E-state index in [0.717, 1.165) is 0 Å². The van der Waals surface area contributed by atoms with Gasteiger partial charge in [0.1, 0.15) is 5.82 Å². The monoisotopic (exact) mass is 249 g/mol. The summed E-state index contributed by atoms with van der Waals surface area (Å²) < 4.78 is 1.50. The van der Waals surface area contributed by atoms with E-state index >= 15 is 0 Å². The highest BCUT2D eigenvalue weighted by Gasteiger charge is 2.15. The second-order valence-electron chi connectivity index (χ2n) is 3.61. The lowest BCUT2D eigenvalue weighted by atomic mass is 10.2. The fourth-order valence-corrected chi connectivity index (χ4v) is 1.89. The zero-order chi connectivity index (χ0) is 12.4. The van der Waals surface area contributed by atoms with E-state index in [1.807, 2.05) is 6.92 Å². The van der Waals surface area contributed by atoms with Gasteiger partial charge in [-0.05, 0) is 18.2 Å². The van der Waals surface area contributed by atoms with Crippen molar-refractivity contribution >= 4 is 23.2 Å². The molecular formula is C12H12ClN3O. The van der Waals surface area contributed by atoms with Crippen molar-refractivity contribution in [2.45, 2.75) is 13.3 Å². The highest BCUT2D eigenvalue weighted by Crippen LogP contribution is 2.20. The van der Waals surface area contributed by atoms with E-state index in [0.29, 0.717) is 28.5 Å². The van der Waals surface area contributed by atoms with Crippen LogP contribution in [0, 0.1) is 0 Å². The van der Waals surface area contributed by atoms with Gasteiger partial charge in [0.2, 0.25) is 0 Å². The number of carbonyl (C=O) groups is 1. The summed E-state index contributed by atoms with van der Waals surface area (Å²) in [6.45, 7) is 1.94. The first-order chi connectivity index (χ1) is 8.13. The van der Waals surface area contributed by atoms with Crippen LogP contribution < -0.4 is 5.73 Å². The number of anilines is 1. The SMILES string of the molecule is CCc1nccn1C(=O)c1ccc(N)cc1Cl. The average molecular weight is 250 g/mol. The van der Waals surface area contributed by atoms with E-state index in [4.69, 9.17) is 17.3 Å². The normalized spacial score (nSPS) is 10.5. The van der Waals surface area contributed by atoms with Crippen LogP contribution in [0.1, 0.15) is 23.1 Å². The molecule has 2 N–H and O–H groups in total. The van der Waals surface area contributed by atoms with Gasteiger partial charge in [-0.2, -0.15) is 0 Å². The van der Waals surface area contributed by atoms with Crippen molar-refractivity contribution in [3.05, 3.63) is 47.0 Å². The van der Waals surface area contributed by atoms with Gasteiger partial charge in [0.25, 0.3) is 5.91 Å². The number of benzene rings is 1. The second kappa shape index (κ2) is 4.59. The molecule has 2 rings (SSSR count). The maximum absolute atomic E-state index is 12.2. The quantitative estimate of drug-likeness (QED) is 0.832. The molecule has 4 nitrogen and oxygen atoms in total. The number of rotatable bonds is 2. The molecular weight excluding hydrogens is 238 g/mol. The van der Waals surface area contributed by atoms with Crippen molar-refractivity contribution in [1.29, 1.82) is 0 Å². The van der Waals surface area contributed by atoms with Crippen LogP contribution in [0.15, 0.2) is 30.6 Å². The summed E-state index contributed by atoms with van der Waals surface area (Å²) in [6, 6.07) is 4.85. The summed E-state index contributed by atoms with van der Waals surface area (Å²) in [5.74, 6) is 0.521. The van der Waals surface area contributed by atoms with Crippen LogP contribution in [0.5, 0.6) is 0 Å². The predicted octanol–water partition coefficient (Wildman–Crippen LogP) is 2.37. The Labute approximate surface area is 104 Å². The third-order valence-corrected chi connectivity index (χ3v) is 2.79. The minimum absolute atomic E-state index is 0.190. The molecule has 0 spiro atoms. The molecule has 2 aromatic rings. The number of hydrogen-bond donors (Lipinski definition) is 1. The molecule has 0 radical (unpaired) electrons. The van der Waals surface area contributed by atoms with Crippen LogP contribution in [0.25, 0.3) is 0 Å². The molecule has 0 aliphatic heterocycles. The van der Waals surface area contributed by atoms with Crippen molar-refractivity contribution in [3.8, 4) is 0 Å². The fourth-order valence-electron chi connectivity index (χ4n) is 1.62. The third kappa shape index (κ3) is 2.17. The smallest absolute Gasteiger partial charge is 0.264 e. The molecule has 0 aliphatic carbocycles. The second-order valence-corrected chi connectivity index (χ2v) is 4.02. The lowest BCUT2D eigenvalue weighted by Crippen LogP contribution is -2.14.